The van der Waals surface area contributed by atoms with Gasteiger partial charge in [0.1, 0.15) is 17.9 Å². The van der Waals surface area contributed by atoms with Gasteiger partial charge >= 0.3 is 5.97 Å². The van der Waals surface area contributed by atoms with Gasteiger partial charge < -0.3 is 14.7 Å². The maximum atomic E-state index is 11.0. The summed E-state index contributed by atoms with van der Waals surface area (Å²) in [7, 11) is 0. The van der Waals surface area contributed by atoms with E-state index in [0.29, 0.717) is 17.4 Å². The number of carboxylic acids is 1. The van der Waals surface area contributed by atoms with E-state index in [4.69, 9.17) is 21.4 Å². The Bertz CT molecular complexity index is 405. The van der Waals surface area contributed by atoms with E-state index in [1.54, 1.807) is 6.07 Å². The van der Waals surface area contributed by atoms with Gasteiger partial charge in [-0.05, 0) is 31.3 Å². The second-order valence-electron chi connectivity index (χ2n) is 3.82. The molecule has 0 aromatic heterocycles. The molecule has 0 atom stereocenters. The Hall–Kier alpha value is -1.26. The van der Waals surface area contributed by atoms with Crippen LogP contribution >= 0.6 is 11.6 Å². The van der Waals surface area contributed by atoms with Crippen molar-refractivity contribution < 1.29 is 14.6 Å². The predicted molar refractivity (Wildman–Crippen MR) is 71.7 cm³/mol. The minimum atomic E-state index is -1.01. The first-order valence-corrected chi connectivity index (χ1v) is 6.34. The summed E-state index contributed by atoms with van der Waals surface area (Å²) in [4.78, 5) is 13.2. The molecule has 1 aromatic carbocycles. The molecule has 0 saturated carbocycles. The van der Waals surface area contributed by atoms with Gasteiger partial charge in [-0.3, -0.25) is 0 Å². The van der Waals surface area contributed by atoms with Gasteiger partial charge in [-0.2, -0.15) is 0 Å². The zero-order chi connectivity index (χ0) is 13.5. The molecule has 0 aliphatic carbocycles. The summed E-state index contributed by atoms with van der Waals surface area (Å²) >= 11 is 5.83. The van der Waals surface area contributed by atoms with Crippen molar-refractivity contribution in [3.63, 3.8) is 0 Å². The molecule has 4 nitrogen and oxygen atoms in total. The van der Waals surface area contributed by atoms with E-state index in [-0.39, 0.29) is 5.56 Å². The van der Waals surface area contributed by atoms with Gasteiger partial charge in [0, 0.05) is 11.6 Å². The van der Waals surface area contributed by atoms with Crippen molar-refractivity contribution in [3.8, 4) is 5.75 Å². The number of carboxylic acid groups (broad SMARTS) is 1. The summed E-state index contributed by atoms with van der Waals surface area (Å²) in [6.07, 6.45) is 0. The average Bonchev–Trinajstić information content (AvgIpc) is 2.34. The van der Waals surface area contributed by atoms with Crippen LogP contribution in [0.3, 0.4) is 0 Å². The lowest BCUT2D eigenvalue weighted by Gasteiger charge is -2.18. The van der Waals surface area contributed by atoms with E-state index in [9.17, 15) is 4.79 Å². The first kappa shape index (κ1) is 14.8. The highest BCUT2D eigenvalue weighted by atomic mass is 35.5. The Balaban J connectivity index is 2.66. The molecule has 0 heterocycles. The number of aromatic carboxylic acids is 1. The average molecular weight is 272 g/mol. The van der Waals surface area contributed by atoms with E-state index in [0.717, 1.165) is 19.6 Å². The van der Waals surface area contributed by atoms with Crippen molar-refractivity contribution in [2.45, 2.75) is 13.8 Å². The van der Waals surface area contributed by atoms with Crippen LogP contribution < -0.4 is 4.74 Å². The van der Waals surface area contributed by atoms with Crippen molar-refractivity contribution in [3.05, 3.63) is 28.8 Å². The molecule has 1 aromatic rings. The lowest BCUT2D eigenvalue weighted by molar-refractivity contribution is 0.0691. The number of benzene rings is 1. The highest BCUT2D eigenvalue weighted by molar-refractivity contribution is 6.30. The fourth-order valence-electron chi connectivity index (χ4n) is 1.62. The molecule has 0 aliphatic rings. The first-order valence-electron chi connectivity index (χ1n) is 5.96. The Morgan fingerprint density at radius 1 is 1.39 bits per heavy atom. The number of rotatable bonds is 7. The summed E-state index contributed by atoms with van der Waals surface area (Å²) in [5.74, 6) is -0.688. The van der Waals surface area contributed by atoms with Crippen LogP contribution in [0.4, 0.5) is 0 Å². The highest BCUT2D eigenvalue weighted by Gasteiger charge is 2.12. The molecule has 0 aliphatic heterocycles. The third kappa shape index (κ3) is 4.20. The predicted octanol–water partition coefficient (Wildman–Crippen LogP) is 2.76. The molecule has 18 heavy (non-hydrogen) atoms. The maximum absolute atomic E-state index is 11.0. The number of likely N-dealkylation sites (N-methyl/N-ethyl adjacent to an activating group) is 1. The van der Waals surface area contributed by atoms with Crippen LogP contribution in [-0.2, 0) is 0 Å². The number of hydrogen-bond donors (Lipinski definition) is 1. The molecular formula is C13H18ClNO3. The molecule has 0 saturated heterocycles. The highest BCUT2D eigenvalue weighted by Crippen LogP contribution is 2.23. The standard InChI is InChI=1S/C13H18ClNO3/c1-3-15(4-2)7-8-18-12-9-10(14)5-6-11(12)13(16)17/h5-6,9H,3-4,7-8H2,1-2H3,(H,16,17). The van der Waals surface area contributed by atoms with Crippen LogP contribution in [0.15, 0.2) is 18.2 Å². The fraction of sp³-hybridized carbons (Fsp3) is 0.462. The number of halogens is 1. The van der Waals surface area contributed by atoms with Crippen LogP contribution in [0, 0.1) is 0 Å². The van der Waals surface area contributed by atoms with E-state index in [1.807, 2.05) is 0 Å². The van der Waals surface area contributed by atoms with Crippen LogP contribution in [0.2, 0.25) is 5.02 Å². The van der Waals surface area contributed by atoms with Gasteiger partial charge in [0.15, 0.2) is 0 Å². The first-order chi connectivity index (χ1) is 8.58. The molecule has 0 fully saturated rings. The molecule has 0 bridgehead atoms. The van der Waals surface area contributed by atoms with Crippen molar-refractivity contribution in [2.75, 3.05) is 26.2 Å². The number of hydrogen-bond acceptors (Lipinski definition) is 3. The van der Waals surface area contributed by atoms with E-state index in [2.05, 4.69) is 18.7 Å². The minimum absolute atomic E-state index is 0.138. The van der Waals surface area contributed by atoms with Crippen molar-refractivity contribution in [1.29, 1.82) is 0 Å². The largest absolute Gasteiger partial charge is 0.491 e. The number of carbonyl (C=O) groups is 1. The van der Waals surface area contributed by atoms with Gasteiger partial charge in [-0.1, -0.05) is 25.4 Å². The van der Waals surface area contributed by atoms with Gasteiger partial charge in [0.05, 0.1) is 0 Å². The lowest BCUT2D eigenvalue weighted by atomic mass is 10.2. The third-order valence-electron chi connectivity index (χ3n) is 2.73. The zero-order valence-electron chi connectivity index (χ0n) is 10.6. The summed E-state index contributed by atoms with van der Waals surface area (Å²) in [5.41, 5.74) is 0.138. The van der Waals surface area contributed by atoms with Crippen LogP contribution in [0.5, 0.6) is 5.75 Å². The zero-order valence-corrected chi connectivity index (χ0v) is 11.4. The molecular weight excluding hydrogens is 254 g/mol. The fourth-order valence-corrected chi connectivity index (χ4v) is 1.78. The van der Waals surface area contributed by atoms with Gasteiger partial charge in [-0.25, -0.2) is 4.79 Å². The van der Waals surface area contributed by atoms with E-state index >= 15 is 0 Å². The van der Waals surface area contributed by atoms with Crippen molar-refractivity contribution >= 4 is 17.6 Å². The van der Waals surface area contributed by atoms with Crippen LogP contribution in [-0.4, -0.2) is 42.2 Å². The molecule has 0 spiro atoms. The Morgan fingerprint density at radius 3 is 2.61 bits per heavy atom. The summed E-state index contributed by atoms with van der Waals surface area (Å²) in [5, 5.41) is 9.49. The van der Waals surface area contributed by atoms with Gasteiger partial charge in [-0.15, -0.1) is 0 Å². The Morgan fingerprint density at radius 2 is 2.06 bits per heavy atom. The van der Waals surface area contributed by atoms with Crippen LogP contribution in [0.25, 0.3) is 0 Å². The van der Waals surface area contributed by atoms with E-state index in [1.165, 1.54) is 12.1 Å². The molecule has 0 amide bonds. The molecule has 1 rings (SSSR count). The summed E-state index contributed by atoms with van der Waals surface area (Å²) in [6, 6.07) is 4.53. The molecule has 100 valence electrons. The SMILES string of the molecule is CCN(CC)CCOc1cc(Cl)ccc1C(=O)O. The van der Waals surface area contributed by atoms with Crippen LogP contribution in [0.1, 0.15) is 24.2 Å². The quantitative estimate of drug-likeness (QED) is 0.828. The number of nitrogens with zero attached hydrogens (tertiary/aromatic N) is 1. The van der Waals surface area contributed by atoms with Crippen molar-refractivity contribution in [1.82, 2.24) is 4.90 Å². The topological polar surface area (TPSA) is 49.8 Å². The molecule has 1 N–H and O–H groups in total. The lowest BCUT2D eigenvalue weighted by Crippen LogP contribution is -2.28. The second kappa shape index (κ2) is 7.24. The van der Waals surface area contributed by atoms with Gasteiger partial charge in [0.25, 0.3) is 0 Å². The Kier molecular flexibility index (Phi) is 5.95. The summed E-state index contributed by atoms with van der Waals surface area (Å²) < 4.78 is 5.51. The molecule has 5 heteroatoms. The molecule has 0 unspecified atom stereocenters. The maximum Gasteiger partial charge on any atom is 0.339 e. The number of ether oxygens (including phenoxy) is 1. The minimum Gasteiger partial charge on any atom is -0.491 e. The Labute approximate surface area is 112 Å². The summed E-state index contributed by atoms with van der Waals surface area (Å²) in [6.45, 7) is 7.25. The third-order valence-corrected chi connectivity index (χ3v) is 2.97. The second-order valence-corrected chi connectivity index (χ2v) is 4.26. The van der Waals surface area contributed by atoms with E-state index < -0.39 is 5.97 Å². The normalized spacial score (nSPS) is 10.7. The van der Waals surface area contributed by atoms with Crippen molar-refractivity contribution in [2.24, 2.45) is 0 Å². The monoisotopic (exact) mass is 271 g/mol. The van der Waals surface area contributed by atoms with Gasteiger partial charge in [0.2, 0.25) is 0 Å². The molecule has 0 radical (unpaired) electrons. The smallest absolute Gasteiger partial charge is 0.339 e.